The molecule has 13 heavy (non-hydrogen) atoms. The lowest BCUT2D eigenvalue weighted by molar-refractivity contribution is 0.118. The predicted octanol–water partition coefficient (Wildman–Crippen LogP) is 1.84. The van der Waals surface area contributed by atoms with Crippen LogP contribution in [0.5, 0.6) is 0 Å². The summed E-state index contributed by atoms with van der Waals surface area (Å²) < 4.78 is 7.15. The monoisotopic (exact) mass is 203 g/mol. The fourth-order valence-corrected chi connectivity index (χ4v) is 1.53. The summed E-state index contributed by atoms with van der Waals surface area (Å²) in [4.78, 5) is 0. The maximum atomic E-state index is 5.85. The summed E-state index contributed by atoms with van der Waals surface area (Å²) in [6, 6.07) is 0.183. The molecule has 1 aromatic heterocycles. The SMILES string of the molecule is CCOCC(C)n1c(C)nnc1Cl. The zero-order chi connectivity index (χ0) is 9.84. The highest BCUT2D eigenvalue weighted by atomic mass is 35.5. The third-order valence-corrected chi connectivity index (χ3v) is 2.09. The lowest BCUT2D eigenvalue weighted by atomic mass is 10.3. The Labute approximate surface area is 82.9 Å². The molecule has 1 unspecified atom stereocenters. The van der Waals surface area contributed by atoms with Gasteiger partial charge in [0.25, 0.3) is 0 Å². The fourth-order valence-electron chi connectivity index (χ4n) is 1.21. The van der Waals surface area contributed by atoms with Crippen molar-refractivity contribution in [2.45, 2.75) is 26.8 Å². The molecule has 1 rings (SSSR count). The van der Waals surface area contributed by atoms with Gasteiger partial charge >= 0.3 is 0 Å². The molecule has 0 saturated heterocycles. The number of nitrogens with zero attached hydrogens (tertiary/aromatic N) is 3. The van der Waals surface area contributed by atoms with E-state index in [4.69, 9.17) is 16.3 Å². The Hall–Kier alpha value is -0.610. The minimum atomic E-state index is 0.183. The molecule has 0 amide bonds. The van der Waals surface area contributed by atoms with E-state index in [1.807, 2.05) is 25.3 Å². The lowest BCUT2D eigenvalue weighted by Gasteiger charge is -2.14. The molecule has 0 spiro atoms. The molecule has 0 radical (unpaired) electrons. The first-order valence-electron chi connectivity index (χ1n) is 4.31. The van der Waals surface area contributed by atoms with Crippen molar-refractivity contribution in [1.82, 2.24) is 14.8 Å². The molecule has 1 heterocycles. The summed E-state index contributed by atoms with van der Waals surface area (Å²) in [6.07, 6.45) is 0. The van der Waals surface area contributed by atoms with Crippen LogP contribution in [0.4, 0.5) is 0 Å². The molecule has 0 bridgehead atoms. The second-order valence-corrected chi connectivity index (χ2v) is 3.23. The summed E-state index contributed by atoms with van der Waals surface area (Å²) in [6.45, 7) is 7.21. The van der Waals surface area contributed by atoms with Crippen molar-refractivity contribution in [3.05, 3.63) is 11.1 Å². The molecule has 0 aliphatic heterocycles. The van der Waals surface area contributed by atoms with Crippen LogP contribution < -0.4 is 0 Å². The molecule has 4 nitrogen and oxygen atoms in total. The van der Waals surface area contributed by atoms with Crippen LogP contribution in [-0.4, -0.2) is 28.0 Å². The van der Waals surface area contributed by atoms with Gasteiger partial charge < -0.3 is 4.74 Å². The number of ether oxygens (including phenoxy) is 1. The van der Waals surface area contributed by atoms with E-state index in [9.17, 15) is 0 Å². The molecule has 74 valence electrons. The molecule has 5 heteroatoms. The van der Waals surface area contributed by atoms with Crippen LogP contribution in [0.15, 0.2) is 0 Å². The minimum absolute atomic E-state index is 0.183. The highest BCUT2D eigenvalue weighted by molar-refractivity contribution is 6.28. The molecule has 0 aliphatic carbocycles. The first kappa shape index (κ1) is 10.5. The Morgan fingerprint density at radius 2 is 2.23 bits per heavy atom. The van der Waals surface area contributed by atoms with Crippen LogP contribution in [0.2, 0.25) is 5.28 Å². The van der Waals surface area contributed by atoms with Gasteiger partial charge in [0.1, 0.15) is 5.82 Å². The molecule has 1 atom stereocenters. The van der Waals surface area contributed by atoms with E-state index in [0.29, 0.717) is 18.5 Å². The Bertz CT molecular complexity index is 255. The Kier molecular flexibility index (Phi) is 3.69. The van der Waals surface area contributed by atoms with Gasteiger partial charge in [0, 0.05) is 6.61 Å². The van der Waals surface area contributed by atoms with Crippen LogP contribution in [0, 0.1) is 6.92 Å². The number of hydrogen-bond donors (Lipinski definition) is 0. The smallest absolute Gasteiger partial charge is 0.225 e. The van der Waals surface area contributed by atoms with Crippen molar-refractivity contribution in [2.75, 3.05) is 13.2 Å². The standard InChI is InChI=1S/C8H14ClN3O/c1-4-13-5-6(2)12-7(3)10-11-8(12)9/h6H,4-5H2,1-3H3. The first-order chi connectivity index (χ1) is 6.16. The zero-order valence-electron chi connectivity index (χ0n) is 8.12. The van der Waals surface area contributed by atoms with Gasteiger partial charge in [-0.1, -0.05) is 0 Å². The van der Waals surface area contributed by atoms with E-state index in [1.54, 1.807) is 0 Å². The molecule has 0 fully saturated rings. The maximum Gasteiger partial charge on any atom is 0.225 e. The third kappa shape index (κ3) is 2.42. The molecule has 0 saturated carbocycles. The quantitative estimate of drug-likeness (QED) is 0.750. The van der Waals surface area contributed by atoms with Crippen molar-refractivity contribution < 1.29 is 4.74 Å². The number of rotatable bonds is 4. The van der Waals surface area contributed by atoms with E-state index in [-0.39, 0.29) is 6.04 Å². The number of halogens is 1. The largest absolute Gasteiger partial charge is 0.380 e. The highest BCUT2D eigenvalue weighted by Crippen LogP contribution is 2.15. The van der Waals surface area contributed by atoms with Crippen LogP contribution >= 0.6 is 11.6 Å². The average Bonchev–Trinajstić information content (AvgIpc) is 2.42. The third-order valence-electron chi connectivity index (χ3n) is 1.83. The fraction of sp³-hybridized carbons (Fsp3) is 0.750. The van der Waals surface area contributed by atoms with Crippen molar-refractivity contribution in [3.63, 3.8) is 0 Å². The second kappa shape index (κ2) is 4.58. The van der Waals surface area contributed by atoms with E-state index in [0.717, 1.165) is 5.82 Å². The lowest BCUT2D eigenvalue weighted by Crippen LogP contribution is -2.13. The molecule has 1 aromatic rings. The topological polar surface area (TPSA) is 39.9 Å². The van der Waals surface area contributed by atoms with Gasteiger partial charge in [-0.3, -0.25) is 4.57 Å². The minimum Gasteiger partial charge on any atom is -0.380 e. The Morgan fingerprint density at radius 1 is 1.54 bits per heavy atom. The molecular formula is C8H14ClN3O. The first-order valence-corrected chi connectivity index (χ1v) is 4.69. The molecule has 0 N–H and O–H groups in total. The summed E-state index contributed by atoms with van der Waals surface area (Å²) in [7, 11) is 0. The van der Waals surface area contributed by atoms with Gasteiger partial charge in [-0.25, -0.2) is 0 Å². The van der Waals surface area contributed by atoms with Gasteiger partial charge in [-0.2, -0.15) is 0 Å². The highest BCUT2D eigenvalue weighted by Gasteiger charge is 2.12. The summed E-state index contributed by atoms with van der Waals surface area (Å²) in [5.41, 5.74) is 0. The zero-order valence-corrected chi connectivity index (χ0v) is 8.88. The van der Waals surface area contributed by atoms with Crippen LogP contribution in [-0.2, 0) is 4.74 Å². The van der Waals surface area contributed by atoms with Crippen LogP contribution in [0.1, 0.15) is 25.7 Å². The summed E-state index contributed by atoms with van der Waals surface area (Å²) in [5, 5.41) is 8.06. The molecule has 0 aromatic carbocycles. The molecule has 0 aliphatic rings. The predicted molar refractivity (Wildman–Crippen MR) is 51.0 cm³/mol. The van der Waals surface area contributed by atoms with E-state index < -0.39 is 0 Å². The number of hydrogen-bond acceptors (Lipinski definition) is 3. The average molecular weight is 204 g/mol. The Morgan fingerprint density at radius 3 is 2.69 bits per heavy atom. The van der Waals surface area contributed by atoms with Gasteiger partial charge in [-0.15, -0.1) is 10.2 Å². The van der Waals surface area contributed by atoms with E-state index in [1.165, 1.54) is 0 Å². The van der Waals surface area contributed by atoms with Crippen molar-refractivity contribution >= 4 is 11.6 Å². The maximum absolute atomic E-state index is 5.85. The number of aryl methyl sites for hydroxylation is 1. The normalized spacial score (nSPS) is 13.2. The van der Waals surface area contributed by atoms with Gasteiger partial charge in [-0.05, 0) is 32.4 Å². The van der Waals surface area contributed by atoms with Crippen molar-refractivity contribution in [2.24, 2.45) is 0 Å². The van der Waals surface area contributed by atoms with Gasteiger partial charge in [0.05, 0.1) is 12.6 Å². The summed E-state index contributed by atoms with van der Waals surface area (Å²) in [5.74, 6) is 0.817. The number of aromatic nitrogens is 3. The van der Waals surface area contributed by atoms with E-state index in [2.05, 4.69) is 10.2 Å². The van der Waals surface area contributed by atoms with E-state index >= 15 is 0 Å². The van der Waals surface area contributed by atoms with Crippen LogP contribution in [0.3, 0.4) is 0 Å². The van der Waals surface area contributed by atoms with Gasteiger partial charge in [0.15, 0.2) is 0 Å². The second-order valence-electron chi connectivity index (χ2n) is 2.89. The van der Waals surface area contributed by atoms with Crippen molar-refractivity contribution in [1.29, 1.82) is 0 Å². The van der Waals surface area contributed by atoms with Gasteiger partial charge in [0.2, 0.25) is 5.28 Å². The Balaban J connectivity index is 2.69. The molecular weight excluding hydrogens is 190 g/mol. The summed E-state index contributed by atoms with van der Waals surface area (Å²) >= 11 is 5.85. The van der Waals surface area contributed by atoms with Crippen molar-refractivity contribution in [3.8, 4) is 0 Å². The van der Waals surface area contributed by atoms with Crippen LogP contribution in [0.25, 0.3) is 0 Å².